The van der Waals surface area contributed by atoms with Gasteiger partial charge in [0.15, 0.2) is 0 Å². The Labute approximate surface area is 172 Å². The fourth-order valence-electron chi connectivity index (χ4n) is 4.56. The van der Waals surface area contributed by atoms with Crippen LogP contribution in [0.3, 0.4) is 0 Å². The average molecular weight is 444 g/mol. The summed E-state index contributed by atoms with van der Waals surface area (Å²) in [6, 6.07) is 4.12. The number of halogens is 3. The summed E-state index contributed by atoms with van der Waals surface area (Å²) in [6.07, 6.45) is 0.208. The van der Waals surface area contributed by atoms with Crippen molar-refractivity contribution in [2.24, 2.45) is 0 Å². The predicted octanol–water partition coefficient (Wildman–Crippen LogP) is 3.14. The van der Waals surface area contributed by atoms with Gasteiger partial charge < -0.3 is 4.74 Å². The van der Waals surface area contributed by atoms with Crippen LogP contribution in [0.25, 0.3) is 0 Å². The Kier molecular flexibility index (Phi) is 5.62. The molecule has 1 aromatic carbocycles. The normalized spacial score (nSPS) is 25.0. The summed E-state index contributed by atoms with van der Waals surface area (Å²) in [6.45, 7) is 0.368. The van der Waals surface area contributed by atoms with Crippen LogP contribution in [0.5, 0.6) is 0 Å². The van der Waals surface area contributed by atoms with E-state index < -0.39 is 21.8 Å². The number of benzene rings is 1. The predicted molar refractivity (Wildman–Crippen MR) is 102 cm³/mol. The third-order valence-electron chi connectivity index (χ3n) is 5.82. The van der Waals surface area contributed by atoms with Gasteiger partial charge in [-0.05, 0) is 43.4 Å². The van der Waals surface area contributed by atoms with Gasteiger partial charge in [0, 0.05) is 19.2 Å². The maximum Gasteiger partial charge on any atom is 0.416 e. The molecule has 164 valence electrons. The van der Waals surface area contributed by atoms with Gasteiger partial charge in [-0.3, -0.25) is 0 Å². The number of nitrogens with zero attached hydrogens (tertiary/aromatic N) is 4. The molecule has 4 rings (SSSR count). The van der Waals surface area contributed by atoms with Crippen molar-refractivity contribution in [3.63, 3.8) is 0 Å². The van der Waals surface area contributed by atoms with Crippen LogP contribution in [0.1, 0.15) is 48.5 Å². The zero-order valence-electron chi connectivity index (χ0n) is 16.4. The number of hydrogen-bond acceptors (Lipinski definition) is 5. The van der Waals surface area contributed by atoms with E-state index >= 15 is 0 Å². The molecule has 2 saturated heterocycles. The van der Waals surface area contributed by atoms with Gasteiger partial charge in [0.2, 0.25) is 10.0 Å². The van der Waals surface area contributed by atoms with Gasteiger partial charge in [0.25, 0.3) is 0 Å². The molecule has 0 saturated carbocycles. The van der Waals surface area contributed by atoms with Crippen LogP contribution in [0.15, 0.2) is 30.5 Å². The van der Waals surface area contributed by atoms with E-state index in [1.165, 1.54) is 12.1 Å². The highest BCUT2D eigenvalue weighted by atomic mass is 32.2. The lowest BCUT2D eigenvalue weighted by Crippen LogP contribution is -2.47. The number of fused-ring (bicyclic) bond motifs is 2. The Balaban J connectivity index is 1.46. The SMILES string of the molecule is COCc1cn(C2CC3CCC(C2)N3S(=O)(=O)Cc2ccc(C(F)(F)F)cc2)nn1. The summed E-state index contributed by atoms with van der Waals surface area (Å²) in [5.74, 6) is -0.301. The van der Waals surface area contributed by atoms with E-state index in [1.807, 2.05) is 6.20 Å². The van der Waals surface area contributed by atoms with Crippen molar-refractivity contribution in [2.75, 3.05) is 7.11 Å². The minimum atomic E-state index is -4.44. The van der Waals surface area contributed by atoms with Crippen LogP contribution in [0.2, 0.25) is 0 Å². The van der Waals surface area contributed by atoms with Crippen molar-refractivity contribution in [3.8, 4) is 0 Å². The molecule has 0 amide bonds. The Morgan fingerprint density at radius 1 is 1.10 bits per heavy atom. The molecule has 2 aliphatic rings. The monoisotopic (exact) mass is 444 g/mol. The number of sulfonamides is 1. The number of aromatic nitrogens is 3. The van der Waals surface area contributed by atoms with E-state index in [9.17, 15) is 21.6 Å². The van der Waals surface area contributed by atoms with Gasteiger partial charge in [-0.2, -0.15) is 17.5 Å². The quantitative estimate of drug-likeness (QED) is 0.684. The largest absolute Gasteiger partial charge is 0.416 e. The Morgan fingerprint density at radius 2 is 1.73 bits per heavy atom. The molecule has 2 aromatic rings. The van der Waals surface area contributed by atoms with Gasteiger partial charge in [0.1, 0.15) is 5.69 Å². The van der Waals surface area contributed by atoms with Gasteiger partial charge in [-0.1, -0.05) is 17.3 Å². The Morgan fingerprint density at radius 3 is 2.30 bits per heavy atom. The first-order valence-corrected chi connectivity index (χ1v) is 11.4. The molecule has 11 heteroatoms. The van der Waals surface area contributed by atoms with Crippen LogP contribution < -0.4 is 0 Å². The molecule has 0 spiro atoms. The molecule has 2 atom stereocenters. The summed E-state index contributed by atoms with van der Waals surface area (Å²) < 4.78 is 72.8. The van der Waals surface area contributed by atoms with Gasteiger partial charge in [0.05, 0.1) is 30.2 Å². The van der Waals surface area contributed by atoms with Crippen LogP contribution in [0.4, 0.5) is 13.2 Å². The molecule has 30 heavy (non-hydrogen) atoms. The highest BCUT2D eigenvalue weighted by Gasteiger charge is 2.47. The number of alkyl halides is 3. The second-order valence-electron chi connectivity index (χ2n) is 7.91. The van der Waals surface area contributed by atoms with Gasteiger partial charge in [-0.15, -0.1) is 5.10 Å². The van der Waals surface area contributed by atoms with Crippen molar-refractivity contribution in [3.05, 3.63) is 47.3 Å². The smallest absolute Gasteiger partial charge is 0.378 e. The topological polar surface area (TPSA) is 77.3 Å². The zero-order chi connectivity index (χ0) is 21.5. The van der Waals surface area contributed by atoms with Gasteiger partial charge in [-0.25, -0.2) is 13.1 Å². The fraction of sp³-hybridized carbons (Fsp3) is 0.579. The van der Waals surface area contributed by atoms with E-state index in [1.54, 1.807) is 16.1 Å². The summed E-state index contributed by atoms with van der Waals surface area (Å²) in [7, 11) is -2.06. The molecule has 2 aliphatic heterocycles. The minimum absolute atomic E-state index is 0.0677. The number of ether oxygens (including phenoxy) is 1. The number of rotatable bonds is 6. The molecule has 7 nitrogen and oxygen atoms in total. The van der Waals surface area contributed by atoms with Crippen LogP contribution in [-0.4, -0.2) is 46.9 Å². The molecule has 3 heterocycles. The maximum atomic E-state index is 13.1. The van der Waals surface area contributed by atoms with Crippen molar-refractivity contribution in [1.82, 2.24) is 19.3 Å². The third kappa shape index (κ3) is 4.23. The molecular weight excluding hydrogens is 421 g/mol. The molecule has 0 radical (unpaired) electrons. The first kappa shape index (κ1) is 21.3. The fourth-order valence-corrected chi connectivity index (χ4v) is 6.61. The molecule has 2 bridgehead atoms. The second kappa shape index (κ2) is 7.93. The summed E-state index contributed by atoms with van der Waals surface area (Å²) in [5, 5.41) is 8.24. The van der Waals surface area contributed by atoms with Crippen LogP contribution in [-0.2, 0) is 33.3 Å². The third-order valence-corrected chi connectivity index (χ3v) is 7.75. The zero-order valence-corrected chi connectivity index (χ0v) is 17.2. The lowest BCUT2D eigenvalue weighted by molar-refractivity contribution is -0.137. The highest BCUT2D eigenvalue weighted by molar-refractivity contribution is 7.88. The van der Waals surface area contributed by atoms with E-state index in [-0.39, 0.29) is 23.9 Å². The lowest BCUT2D eigenvalue weighted by Gasteiger charge is -2.37. The van der Waals surface area contributed by atoms with Crippen LogP contribution >= 0.6 is 0 Å². The minimum Gasteiger partial charge on any atom is -0.378 e. The first-order chi connectivity index (χ1) is 14.2. The van der Waals surface area contributed by atoms with Crippen molar-refractivity contribution in [1.29, 1.82) is 0 Å². The first-order valence-electron chi connectivity index (χ1n) is 9.74. The Hall–Kier alpha value is -1.98. The van der Waals surface area contributed by atoms with Crippen molar-refractivity contribution in [2.45, 2.75) is 62.3 Å². The average Bonchev–Trinajstić information content (AvgIpc) is 3.24. The Bertz CT molecular complexity index is 977. The highest BCUT2D eigenvalue weighted by Crippen LogP contribution is 2.43. The molecule has 2 unspecified atom stereocenters. The molecule has 2 fully saturated rings. The molecular formula is C19H23F3N4O3S. The maximum absolute atomic E-state index is 13.1. The summed E-state index contributed by atoms with van der Waals surface area (Å²) >= 11 is 0. The van der Waals surface area contributed by atoms with E-state index in [4.69, 9.17) is 4.74 Å². The molecule has 0 aliphatic carbocycles. The van der Waals surface area contributed by atoms with E-state index in [0.717, 1.165) is 30.7 Å². The standard InChI is InChI=1S/C19H23F3N4O3S/c1-29-11-15-10-25(24-23-15)18-8-16-6-7-17(9-18)26(16)30(27,28)12-13-2-4-14(5-3-13)19(20,21)22/h2-5,10,16-18H,6-9,11-12H2,1H3. The molecule has 0 N–H and O–H groups in total. The van der Waals surface area contributed by atoms with Crippen molar-refractivity contribution < 1.29 is 26.3 Å². The number of methoxy groups -OCH3 is 1. The van der Waals surface area contributed by atoms with Crippen LogP contribution in [0, 0.1) is 0 Å². The van der Waals surface area contributed by atoms with Gasteiger partial charge >= 0.3 is 6.18 Å². The lowest BCUT2D eigenvalue weighted by atomic mass is 10.00. The number of piperidine rings is 1. The van der Waals surface area contributed by atoms with Crippen molar-refractivity contribution >= 4 is 10.0 Å². The summed E-state index contributed by atoms with van der Waals surface area (Å²) in [4.78, 5) is 0. The number of hydrogen-bond donors (Lipinski definition) is 0. The van der Waals surface area contributed by atoms with E-state index in [2.05, 4.69) is 10.3 Å². The second-order valence-corrected chi connectivity index (χ2v) is 9.79. The van der Waals surface area contributed by atoms with E-state index in [0.29, 0.717) is 25.0 Å². The molecule has 1 aromatic heterocycles. The summed E-state index contributed by atoms with van der Waals surface area (Å²) in [5.41, 5.74) is 0.289.